The van der Waals surface area contributed by atoms with Crippen molar-refractivity contribution in [3.63, 3.8) is 0 Å². The van der Waals surface area contributed by atoms with Gasteiger partial charge in [0.2, 0.25) is 0 Å². The quantitative estimate of drug-likeness (QED) is 0.846. The Morgan fingerprint density at radius 1 is 1.23 bits per heavy atom. The average Bonchev–Trinajstić information content (AvgIpc) is 2.53. The second-order valence-corrected chi connectivity index (χ2v) is 5.55. The van der Waals surface area contributed by atoms with E-state index in [1.165, 1.54) is 0 Å². The van der Waals surface area contributed by atoms with Crippen LogP contribution in [-0.2, 0) is 0 Å². The maximum Gasteiger partial charge on any atom is 0.197 e. The molecule has 22 heavy (non-hydrogen) atoms. The van der Waals surface area contributed by atoms with E-state index in [1.54, 1.807) is 0 Å². The molecular weight excluding hydrogens is 298 g/mol. The molecule has 5 heteroatoms. The molecule has 2 aromatic carbocycles. The third-order valence-electron chi connectivity index (χ3n) is 3.45. The fourth-order valence-electron chi connectivity index (χ4n) is 2.36. The minimum absolute atomic E-state index is 0.170. The van der Waals surface area contributed by atoms with Crippen molar-refractivity contribution in [1.82, 2.24) is 10.6 Å². The Balaban J connectivity index is 1.56. The minimum Gasteiger partial charge on any atom is -0.492 e. The van der Waals surface area contributed by atoms with E-state index in [9.17, 15) is 0 Å². The Bertz CT molecular complexity index is 673. The maximum absolute atomic E-state index is 6.03. The summed E-state index contributed by atoms with van der Waals surface area (Å²) in [6, 6.07) is 15.7. The van der Waals surface area contributed by atoms with Crippen molar-refractivity contribution in [3.8, 4) is 5.75 Å². The van der Waals surface area contributed by atoms with Gasteiger partial charge in [0, 0.05) is 10.6 Å². The smallest absolute Gasteiger partial charge is 0.197 e. The highest BCUT2D eigenvalue weighted by Crippen LogP contribution is 2.31. The lowest BCUT2D eigenvalue weighted by Gasteiger charge is -2.24. The summed E-state index contributed by atoms with van der Waals surface area (Å²) in [5.74, 6) is 1.63. The van der Waals surface area contributed by atoms with Gasteiger partial charge in [0.15, 0.2) is 5.96 Å². The summed E-state index contributed by atoms with van der Waals surface area (Å²) in [5.41, 5.74) is 2.06. The van der Waals surface area contributed by atoms with Crippen LogP contribution in [0, 0.1) is 0 Å². The van der Waals surface area contributed by atoms with E-state index in [2.05, 4.69) is 22.5 Å². The van der Waals surface area contributed by atoms with Crippen LogP contribution in [0.25, 0.3) is 0 Å². The van der Waals surface area contributed by atoms with Crippen molar-refractivity contribution in [3.05, 3.63) is 59.1 Å². The molecule has 1 unspecified atom stereocenters. The van der Waals surface area contributed by atoms with E-state index in [1.807, 2.05) is 48.5 Å². The van der Waals surface area contributed by atoms with Crippen molar-refractivity contribution >= 4 is 23.2 Å². The summed E-state index contributed by atoms with van der Waals surface area (Å²) in [6.07, 6.45) is 0. The lowest BCUT2D eigenvalue weighted by molar-refractivity contribution is 0.321. The molecule has 0 radical (unpaired) electrons. The SMILES string of the molecule is CC1NC(NCCOc2ccccc2)=Nc2ccc(Cl)cc21. The fraction of sp³-hybridized carbons (Fsp3) is 0.235. The van der Waals surface area contributed by atoms with E-state index in [0.717, 1.165) is 28.0 Å². The van der Waals surface area contributed by atoms with Crippen molar-refractivity contribution in [2.45, 2.75) is 13.0 Å². The van der Waals surface area contributed by atoms with Gasteiger partial charge < -0.3 is 15.4 Å². The fourth-order valence-corrected chi connectivity index (χ4v) is 2.54. The maximum atomic E-state index is 6.03. The van der Waals surface area contributed by atoms with E-state index in [0.29, 0.717) is 13.2 Å². The Morgan fingerprint density at radius 2 is 2.05 bits per heavy atom. The van der Waals surface area contributed by atoms with Gasteiger partial charge in [-0.1, -0.05) is 29.8 Å². The Morgan fingerprint density at radius 3 is 2.86 bits per heavy atom. The Labute approximate surface area is 135 Å². The molecule has 0 fully saturated rings. The molecule has 1 aliphatic heterocycles. The first-order valence-electron chi connectivity index (χ1n) is 7.29. The van der Waals surface area contributed by atoms with Crippen molar-refractivity contribution in [2.24, 2.45) is 4.99 Å². The molecule has 0 bridgehead atoms. The zero-order chi connectivity index (χ0) is 15.4. The lowest BCUT2D eigenvalue weighted by Crippen LogP contribution is -2.42. The molecule has 1 aliphatic rings. The molecule has 0 amide bonds. The third-order valence-corrected chi connectivity index (χ3v) is 3.68. The average molecular weight is 316 g/mol. The van der Waals surface area contributed by atoms with Gasteiger partial charge in [-0.2, -0.15) is 0 Å². The second-order valence-electron chi connectivity index (χ2n) is 5.12. The number of hydrogen-bond donors (Lipinski definition) is 2. The van der Waals surface area contributed by atoms with E-state index in [4.69, 9.17) is 16.3 Å². The normalized spacial score (nSPS) is 16.3. The van der Waals surface area contributed by atoms with Crippen LogP contribution in [-0.4, -0.2) is 19.1 Å². The molecule has 0 aliphatic carbocycles. The van der Waals surface area contributed by atoms with Gasteiger partial charge >= 0.3 is 0 Å². The van der Waals surface area contributed by atoms with Gasteiger partial charge in [0.05, 0.1) is 18.3 Å². The molecule has 1 heterocycles. The van der Waals surface area contributed by atoms with E-state index in [-0.39, 0.29) is 6.04 Å². The zero-order valence-electron chi connectivity index (χ0n) is 12.3. The first-order chi connectivity index (χ1) is 10.7. The number of hydrogen-bond acceptors (Lipinski definition) is 4. The first-order valence-corrected chi connectivity index (χ1v) is 7.66. The Kier molecular flexibility index (Phi) is 4.49. The number of ether oxygens (including phenoxy) is 1. The number of nitrogens with one attached hydrogen (secondary N) is 2. The van der Waals surface area contributed by atoms with Crippen LogP contribution in [0.5, 0.6) is 5.75 Å². The topological polar surface area (TPSA) is 45.6 Å². The highest BCUT2D eigenvalue weighted by Gasteiger charge is 2.18. The number of rotatable bonds is 4. The predicted octanol–water partition coefficient (Wildman–Crippen LogP) is 3.66. The van der Waals surface area contributed by atoms with Crippen LogP contribution in [0.4, 0.5) is 5.69 Å². The standard InChI is InChI=1S/C17H18ClN3O/c1-12-15-11-13(18)7-8-16(15)21-17(20-12)19-9-10-22-14-5-3-2-4-6-14/h2-8,11-12H,9-10H2,1H3,(H2,19,20,21). The largest absolute Gasteiger partial charge is 0.492 e. The molecule has 2 aromatic rings. The zero-order valence-corrected chi connectivity index (χ0v) is 13.1. The molecule has 3 rings (SSSR count). The number of halogens is 1. The van der Waals surface area contributed by atoms with Crippen LogP contribution in [0.15, 0.2) is 53.5 Å². The molecule has 0 saturated carbocycles. The van der Waals surface area contributed by atoms with Crippen molar-refractivity contribution < 1.29 is 4.74 Å². The number of para-hydroxylation sites is 1. The predicted molar refractivity (Wildman–Crippen MR) is 90.0 cm³/mol. The van der Waals surface area contributed by atoms with Gasteiger partial charge in [0.25, 0.3) is 0 Å². The van der Waals surface area contributed by atoms with Gasteiger partial charge in [-0.25, -0.2) is 4.99 Å². The van der Waals surface area contributed by atoms with Crippen molar-refractivity contribution in [2.75, 3.05) is 13.2 Å². The molecular formula is C17H18ClN3O. The molecule has 0 saturated heterocycles. The molecule has 0 spiro atoms. The van der Waals surface area contributed by atoms with Gasteiger partial charge in [-0.15, -0.1) is 0 Å². The molecule has 114 valence electrons. The molecule has 0 aromatic heterocycles. The van der Waals surface area contributed by atoms with Crippen LogP contribution in [0.3, 0.4) is 0 Å². The van der Waals surface area contributed by atoms with Crippen LogP contribution >= 0.6 is 11.6 Å². The highest BCUT2D eigenvalue weighted by atomic mass is 35.5. The number of aliphatic imine (C=N–C) groups is 1. The van der Waals surface area contributed by atoms with Crippen LogP contribution < -0.4 is 15.4 Å². The summed E-state index contributed by atoms with van der Waals surface area (Å²) in [4.78, 5) is 4.56. The summed E-state index contributed by atoms with van der Waals surface area (Å²) < 4.78 is 5.65. The van der Waals surface area contributed by atoms with Crippen LogP contribution in [0.1, 0.15) is 18.5 Å². The molecule has 4 nitrogen and oxygen atoms in total. The first kappa shape index (κ1) is 14.7. The third kappa shape index (κ3) is 3.52. The molecule has 2 N–H and O–H groups in total. The Hall–Kier alpha value is -2.20. The monoisotopic (exact) mass is 315 g/mol. The minimum atomic E-state index is 0.170. The summed E-state index contributed by atoms with van der Waals surface area (Å²) >= 11 is 6.03. The van der Waals surface area contributed by atoms with Crippen LogP contribution in [0.2, 0.25) is 5.02 Å². The molecule has 1 atom stereocenters. The number of guanidine groups is 1. The van der Waals surface area contributed by atoms with Gasteiger partial charge in [-0.05, 0) is 37.3 Å². The number of fused-ring (bicyclic) bond motifs is 1. The highest BCUT2D eigenvalue weighted by molar-refractivity contribution is 6.30. The lowest BCUT2D eigenvalue weighted by atomic mass is 10.1. The summed E-state index contributed by atoms with van der Waals surface area (Å²) in [5, 5.41) is 7.31. The summed E-state index contributed by atoms with van der Waals surface area (Å²) in [7, 11) is 0. The summed E-state index contributed by atoms with van der Waals surface area (Å²) in [6.45, 7) is 3.34. The number of benzene rings is 2. The van der Waals surface area contributed by atoms with Crippen molar-refractivity contribution in [1.29, 1.82) is 0 Å². The van der Waals surface area contributed by atoms with Gasteiger partial charge in [0.1, 0.15) is 12.4 Å². The second kappa shape index (κ2) is 6.71. The van der Waals surface area contributed by atoms with E-state index < -0.39 is 0 Å². The van der Waals surface area contributed by atoms with E-state index >= 15 is 0 Å². The number of nitrogens with zero attached hydrogens (tertiary/aromatic N) is 1. The van der Waals surface area contributed by atoms with Gasteiger partial charge in [-0.3, -0.25) is 0 Å².